The van der Waals surface area contributed by atoms with Gasteiger partial charge in [-0.2, -0.15) is 0 Å². The number of carbonyl (C=O) groups is 1. The van der Waals surface area contributed by atoms with Gasteiger partial charge in [-0.25, -0.2) is 4.79 Å². The smallest absolute Gasteiger partial charge is 0.404 e. The van der Waals surface area contributed by atoms with E-state index in [4.69, 9.17) is 10.5 Å². The molecule has 1 aliphatic rings. The van der Waals surface area contributed by atoms with E-state index < -0.39 is 6.09 Å². The van der Waals surface area contributed by atoms with Gasteiger partial charge < -0.3 is 15.8 Å². The minimum absolute atomic E-state index is 0.167. The molecular weight excluding hydrogens is 168 g/mol. The second kappa shape index (κ2) is 4.46. The second-order valence-corrected chi connectivity index (χ2v) is 3.71. The fourth-order valence-electron chi connectivity index (χ4n) is 1.78. The third-order valence-electron chi connectivity index (χ3n) is 2.93. The molecule has 76 valence electrons. The van der Waals surface area contributed by atoms with E-state index in [2.05, 4.69) is 12.2 Å². The van der Waals surface area contributed by atoms with Crippen LogP contribution in [0.2, 0.25) is 0 Å². The molecule has 4 nitrogen and oxygen atoms in total. The zero-order valence-electron chi connectivity index (χ0n) is 8.14. The van der Waals surface area contributed by atoms with E-state index in [1.807, 2.05) is 0 Å². The van der Waals surface area contributed by atoms with Crippen molar-refractivity contribution in [2.75, 3.05) is 19.7 Å². The molecule has 0 unspecified atom stereocenters. The van der Waals surface area contributed by atoms with Crippen LogP contribution in [0.25, 0.3) is 0 Å². The van der Waals surface area contributed by atoms with Crippen molar-refractivity contribution in [2.45, 2.75) is 26.2 Å². The number of carbonyl (C=O) groups excluding carboxylic acids is 1. The van der Waals surface area contributed by atoms with E-state index >= 15 is 0 Å². The van der Waals surface area contributed by atoms with Gasteiger partial charge in [-0.05, 0) is 32.4 Å². The third kappa shape index (κ3) is 2.88. The summed E-state index contributed by atoms with van der Waals surface area (Å²) in [6.07, 6.45) is 2.52. The molecule has 0 aliphatic carbocycles. The van der Waals surface area contributed by atoms with Gasteiger partial charge in [0.05, 0.1) is 6.61 Å². The molecule has 0 aromatic rings. The molecule has 1 heterocycles. The van der Waals surface area contributed by atoms with Crippen LogP contribution in [0, 0.1) is 5.41 Å². The first-order chi connectivity index (χ1) is 6.18. The molecule has 0 saturated carbocycles. The minimum atomic E-state index is -0.661. The summed E-state index contributed by atoms with van der Waals surface area (Å²) >= 11 is 0. The van der Waals surface area contributed by atoms with E-state index in [1.54, 1.807) is 0 Å². The Morgan fingerprint density at radius 1 is 1.54 bits per heavy atom. The number of hydrogen-bond acceptors (Lipinski definition) is 3. The Balaban J connectivity index is 2.42. The van der Waals surface area contributed by atoms with E-state index in [0.29, 0.717) is 6.61 Å². The summed E-state index contributed by atoms with van der Waals surface area (Å²) in [7, 11) is 0. The lowest BCUT2D eigenvalue weighted by atomic mass is 9.77. The van der Waals surface area contributed by atoms with Crippen LogP contribution in [0.5, 0.6) is 0 Å². The molecule has 0 spiro atoms. The molecule has 1 aliphatic heterocycles. The van der Waals surface area contributed by atoms with Gasteiger partial charge >= 0.3 is 6.09 Å². The van der Waals surface area contributed by atoms with Crippen molar-refractivity contribution in [3.05, 3.63) is 0 Å². The van der Waals surface area contributed by atoms with Gasteiger partial charge in [0.2, 0.25) is 0 Å². The van der Waals surface area contributed by atoms with Crippen molar-refractivity contribution >= 4 is 6.09 Å². The van der Waals surface area contributed by atoms with E-state index in [1.165, 1.54) is 0 Å². The SMILES string of the molecule is CCC1(COC(N)=O)CCNCC1. The van der Waals surface area contributed by atoms with Crippen LogP contribution >= 0.6 is 0 Å². The molecule has 4 heteroatoms. The van der Waals surface area contributed by atoms with E-state index in [9.17, 15) is 4.79 Å². The lowest BCUT2D eigenvalue weighted by Crippen LogP contribution is -2.40. The highest BCUT2D eigenvalue weighted by molar-refractivity contribution is 5.64. The summed E-state index contributed by atoms with van der Waals surface area (Å²) in [6, 6.07) is 0. The van der Waals surface area contributed by atoms with Crippen molar-refractivity contribution in [3.8, 4) is 0 Å². The Morgan fingerprint density at radius 3 is 2.62 bits per heavy atom. The van der Waals surface area contributed by atoms with Crippen LogP contribution in [0.15, 0.2) is 0 Å². The standard InChI is InChI=1S/C9H18N2O2/c1-2-9(7-13-8(10)12)3-5-11-6-4-9/h11H,2-7H2,1H3,(H2,10,12). The number of nitrogens with two attached hydrogens (primary N) is 1. The molecule has 1 amide bonds. The van der Waals surface area contributed by atoms with Gasteiger partial charge in [0.25, 0.3) is 0 Å². The van der Waals surface area contributed by atoms with Crippen molar-refractivity contribution in [3.63, 3.8) is 0 Å². The normalized spacial score (nSPS) is 21.0. The van der Waals surface area contributed by atoms with Crippen molar-refractivity contribution in [1.82, 2.24) is 5.32 Å². The Kier molecular flexibility index (Phi) is 3.54. The van der Waals surface area contributed by atoms with Gasteiger partial charge in [-0.3, -0.25) is 0 Å². The van der Waals surface area contributed by atoms with Crippen LogP contribution < -0.4 is 11.1 Å². The summed E-state index contributed by atoms with van der Waals surface area (Å²) in [6.45, 7) is 4.63. The largest absolute Gasteiger partial charge is 0.449 e. The summed E-state index contributed by atoms with van der Waals surface area (Å²) in [5.41, 5.74) is 5.11. The van der Waals surface area contributed by atoms with Crippen LogP contribution in [0.4, 0.5) is 4.79 Å². The highest BCUT2D eigenvalue weighted by Crippen LogP contribution is 2.32. The monoisotopic (exact) mass is 186 g/mol. The second-order valence-electron chi connectivity index (χ2n) is 3.71. The molecule has 1 rings (SSSR count). The zero-order chi connectivity index (χ0) is 9.73. The maximum atomic E-state index is 10.5. The molecule has 0 atom stereocenters. The Bertz CT molecular complexity index is 176. The van der Waals surface area contributed by atoms with Crippen LogP contribution in [0.3, 0.4) is 0 Å². The molecular formula is C9H18N2O2. The average molecular weight is 186 g/mol. The first kappa shape index (κ1) is 10.3. The summed E-state index contributed by atoms with van der Waals surface area (Å²) in [5.74, 6) is 0. The number of rotatable bonds is 3. The predicted octanol–water partition coefficient (Wildman–Crippen LogP) is 0.861. The maximum Gasteiger partial charge on any atom is 0.404 e. The maximum absolute atomic E-state index is 10.5. The molecule has 0 radical (unpaired) electrons. The molecule has 3 N–H and O–H groups in total. The number of ether oxygens (including phenoxy) is 1. The van der Waals surface area contributed by atoms with Gasteiger partial charge in [-0.1, -0.05) is 6.92 Å². The average Bonchev–Trinajstić information content (AvgIpc) is 2.16. The van der Waals surface area contributed by atoms with Crippen molar-refractivity contribution in [2.24, 2.45) is 11.1 Å². The van der Waals surface area contributed by atoms with Gasteiger partial charge in [0, 0.05) is 5.41 Å². The summed E-state index contributed by atoms with van der Waals surface area (Å²) in [5, 5.41) is 3.29. The first-order valence-electron chi connectivity index (χ1n) is 4.81. The fourth-order valence-corrected chi connectivity index (χ4v) is 1.78. The Hall–Kier alpha value is -0.770. The Morgan fingerprint density at radius 2 is 2.15 bits per heavy atom. The molecule has 0 aromatic carbocycles. The van der Waals surface area contributed by atoms with Crippen molar-refractivity contribution < 1.29 is 9.53 Å². The quantitative estimate of drug-likeness (QED) is 0.687. The molecule has 1 saturated heterocycles. The van der Waals surface area contributed by atoms with Crippen LogP contribution in [-0.4, -0.2) is 25.8 Å². The topological polar surface area (TPSA) is 64.3 Å². The minimum Gasteiger partial charge on any atom is -0.449 e. The molecule has 0 aromatic heterocycles. The first-order valence-corrected chi connectivity index (χ1v) is 4.81. The highest BCUT2D eigenvalue weighted by Gasteiger charge is 2.31. The highest BCUT2D eigenvalue weighted by atomic mass is 16.5. The number of primary amides is 1. The lowest BCUT2D eigenvalue weighted by Gasteiger charge is -2.35. The van der Waals surface area contributed by atoms with Crippen LogP contribution in [0.1, 0.15) is 26.2 Å². The Labute approximate surface area is 78.8 Å². The number of amides is 1. The fraction of sp³-hybridized carbons (Fsp3) is 0.889. The molecule has 13 heavy (non-hydrogen) atoms. The summed E-state index contributed by atoms with van der Waals surface area (Å²) in [4.78, 5) is 10.5. The van der Waals surface area contributed by atoms with Crippen molar-refractivity contribution in [1.29, 1.82) is 0 Å². The number of piperidine rings is 1. The van der Waals surface area contributed by atoms with E-state index in [-0.39, 0.29) is 5.41 Å². The zero-order valence-corrected chi connectivity index (χ0v) is 8.14. The number of nitrogens with one attached hydrogen (secondary N) is 1. The lowest BCUT2D eigenvalue weighted by molar-refractivity contribution is 0.0623. The molecule has 0 bridgehead atoms. The molecule has 1 fully saturated rings. The third-order valence-corrected chi connectivity index (χ3v) is 2.93. The van der Waals surface area contributed by atoms with Gasteiger partial charge in [-0.15, -0.1) is 0 Å². The number of hydrogen-bond donors (Lipinski definition) is 2. The summed E-state index contributed by atoms with van der Waals surface area (Å²) < 4.78 is 4.89. The van der Waals surface area contributed by atoms with Crippen LogP contribution in [-0.2, 0) is 4.74 Å². The van der Waals surface area contributed by atoms with E-state index in [0.717, 1.165) is 32.4 Å². The predicted molar refractivity (Wildman–Crippen MR) is 50.4 cm³/mol. The van der Waals surface area contributed by atoms with Gasteiger partial charge in [0.15, 0.2) is 0 Å². The van der Waals surface area contributed by atoms with Gasteiger partial charge in [0.1, 0.15) is 0 Å².